The summed E-state index contributed by atoms with van der Waals surface area (Å²) < 4.78 is 10.8. The monoisotopic (exact) mass is 377 g/mol. The molecule has 0 saturated heterocycles. The number of hydrogen-bond acceptors (Lipinski definition) is 4. The molecule has 0 radical (unpaired) electrons. The number of carboxylic acids is 1. The normalized spacial score (nSPS) is 17.4. The van der Waals surface area contributed by atoms with Crippen molar-refractivity contribution in [3.05, 3.63) is 23.3 Å². The molecule has 0 saturated carbocycles. The zero-order valence-electron chi connectivity index (χ0n) is 16.9. The number of carboxylic acid groups (broad SMARTS) is 1. The first-order chi connectivity index (χ1) is 12.9. The van der Waals surface area contributed by atoms with Gasteiger partial charge in [0.25, 0.3) is 0 Å². The van der Waals surface area contributed by atoms with E-state index in [0.29, 0.717) is 30.4 Å². The second kappa shape index (κ2) is 9.11. The van der Waals surface area contributed by atoms with Crippen molar-refractivity contribution in [2.24, 2.45) is 11.8 Å². The summed E-state index contributed by atoms with van der Waals surface area (Å²) in [5, 5.41) is 9.46. The van der Waals surface area contributed by atoms with E-state index >= 15 is 0 Å². The van der Waals surface area contributed by atoms with Gasteiger partial charge >= 0.3 is 5.97 Å². The van der Waals surface area contributed by atoms with Gasteiger partial charge < -0.3 is 19.5 Å². The van der Waals surface area contributed by atoms with Crippen molar-refractivity contribution in [1.82, 2.24) is 4.90 Å². The first-order valence-electron chi connectivity index (χ1n) is 9.64. The van der Waals surface area contributed by atoms with Gasteiger partial charge in [-0.25, -0.2) is 0 Å². The third-order valence-electron chi connectivity index (χ3n) is 5.80. The molecule has 1 N–H and O–H groups in total. The SMILES string of the molecule is CCC(CC)C(C)C(=O)N1CCc2cc(OC)c(OC)cc2C1CC(=O)O. The molecule has 1 aliphatic rings. The van der Waals surface area contributed by atoms with Crippen LogP contribution < -0.4 is 9.47 Å². The van der Waals surface area contributed by atoms with Crippen LogP contribution in [0.3, 0.4) is 0 Å². The van der Waals surface area contributed by atoms with E-state index < -0.39 is 12.0 Å². The molecule has 27 heavy (non-hydrogen) atoms. The zero-order valence-corrected chi connectivity index (χ0v) is 16.9. The highest BCUT2D eigenvalue weighted by Crippen LogP contribution is 2.40. The van der Waals surface area contributed by atoms with Crippen LogP contribution in [0.15, 0.2) is 12.1 Å². The molecule has 0 bridgehead atoms. The van der Waals surface area contributed by atoms with Gasteiger partial charge in [-0.3, -0.25) is 9.59 Å². The molecule has 0 fully saturated rings. The lowest BCUT2D eigenvalue weighted by Gasteiger charge is -2.39. The van der Waals surface area contributed by atoms with E-state index in [1.165, 1.54) is 0 Å². The summed E-state index contributed by atoms with van der Waals surface area (Å²) in [6.07, 6.45) is 2.42. The first kappa shape index (κ1) is 21.1. The van der Waals surface area contributed by atoms with Crippen LogP contribution in [0.4, 0.5) is 0 Å². The van der Waals surface area contributed by atoms with Crippen LogP contribution in [0, 0.1) is 11.8 Å². The topological polar surface area (TPSA) is 76.1 Å². The first-order valence-corrected chi connectivity index (χ1v) is 9.64. The van der Waals surface area contributed by atoms with E-state index in [1.807, 2.05) is 19.1 Å². The molecule has 1 heterocycles. The van der Waals surface area contributed by atoms with Crippen molar-refractivity contribution in [2.75, 3.05) is 20.8 Å². The lowest BCUT2D eigenvalue weighted by atomic mass is 9.85. The molecule has 6 heteroatoms. The molecule has 2 unspecified atom stereocenters. The predicted octanol–water partition coefficient (Wildman–Crippen LogP) is 3.68. The van der Waals surface area contributed by atoms with Crippen LogP contribution in [0.1, 0.15) is 57.2 Å². The van der Waals surface area contributed by atoms with E-state index in [1.54, 1.807) is 19.1 Å². The fraction of sp³-hybridized carbons (Fsp3) is 0.619. The van der Waals surface area contributed by atoms with Crippen LogP contribution in [0.5, 0.6) is 11.5 Å². The molecular formula is C21H31NO5. The summed E-state index contributed by atoms with van der Waals surface area (Å²) in [5.41, 5.74) is 1.85. The van der Waals surface area contributed by atoms with Crippen molar-refractivity contribution < 1.29 is 24.2 Å². The maximum absolute atomic E-state index is 13.2. The van der Waals surface area contributed by atoms with Gasteiger partial charge in [0.15, 0.2) is 11.5 Å². The summed E-state index contributed by atoms with van der Waals surface area (Å²) in [6, 6.07) is 3.23. The molecule has 6 nitrogen and oxygen atoms in total. The number of ether oxygens (including phenoxy) is 2. The van der Waals surface area contributed by atoms with Gasteiger partial charge in [0.1, 0.15) is 0 Å². The number of fused-ring (bicyclic) bond motifs is 1. The minimum Gasteiger partial charge on any atom is -0.493 e. The van der Waals surface area contributed by atoms with Crippen LogP contribution in [0.2, 0.25) is 0 Å². The fourth-order valence-corrected chi connectivity index (χ4v) is 4.14. The highest BCUT2D eigenvalue weighted by molar-refractivity contribution is 5.81. The molecular weight excluding hydrogens is 346 g/mol. The van der Waals surface area contributed by atoms with E-state index in [-0.39, 0.29) is 18.2 Å². The number of rotatable bonds is 8. The lowest BCUT2D eigenvalue weighted by Crippen LogP contribution is -2.44. The van der Waals surface area contributed by atoms with Gasteiger partial charge in [0.2, 0.25) is 5.91 Å². The van der Waals surface area contributed by atoms with Crippen molar-refractivity contribution >= 4 is 11.9 Å². The minimum atomic E-state index is -0.921. The number of benzene rings is 1. The number of carbonyl (C=O) groups is 2. The molecule has 0 spiro atoms. The molecule has 1 aromatic carbocycles. The maximum Gasteiger partial charge on any atom is 0.305 e. The average Bonchev–Trinajstić information content (AvgIpc) is 2.67. The number of amides is 1. The van der Waals surface area contributed by atoms with E-state index in [0.717, 1.165) is 24.0 Å². The summed E-state index contributed by atoms with van der Waals surface area (Å²) in [7, 11) is 3.13. The number of nitrogens with zero attached hydrogens (tertiary/aromatic N) is 1. The molecule has 150 valence electrons. The Bertz CT molecular complexity index is 683. The van der Waals surface area contributed by atoms with Crippen molar-refractivity contribution in [2.45, 2.75) is 52.5 Å². The Morgan fingerprint density at radius 3 is 2.30 bits per heavy atom. The third-order valence-corrected chi connectivity index (χ3v) is 5.80. The van der Waals surface area contributed by atoms with Gasteiger partial charge in [-0.05, 0) is 35.6 Å². The molecule has 1 amide bonds. The lowest BCUT2D eigenvalue weighted by molar-refractivity contribution is -0.144. The molecule has 1 aliphatic heterocycles. The van der Waals surface area contributed by atoms with E-state index in [4.69, 9.17) is 9.47 Å². The second-order valence-electron chi connectivity index (χ2n) is 7.17. The quantitative estimate of drug-likeness (QED) is 0.748. The summed E-state index contributed by atoms with van der Waals surface area (Å²) in [5.74, 6) is 0.461. The van der Waals surface area contributed by atoms with Gasteiger partial charge in [-0.1, -0.05) is 33.6 Å². The fourth-order valence-electron chi connectivity index (χ4n) is 4.14. The van der Waals surface area contributed by atoms with Gasteiger partial charge in [0.05, 0.1) is 26.7 Å². The Labute approximate surface area is 161 Å². The van der Waals surface area contributed by atoms with Crippen LogP contribution in [0.25, 0.3) is 0 Å². The van der Waals surface area contributed by atoms with Crippen LogP contribution >= 0.6 is 0 Å². The largest absolute Gasteiger partial charge is 0.493 e. The van der Waals surface area contributed by atoms with Crippen molar-refractivity contribution in [1.29, 1.82) is 0 Å². The Kier molecular flexibility index (Phi) is 7.11. The van der Waals surface area contributed by atoms with Gasteiger partial charge in [0, 0.05) is 12.5 Å². The minimum absolute atomic E-state index is 0.0374. The smallest absolute Gasteiger partial charge is 0.305 e. The number of hydrogen-bond donors (Lipinski definition) is 1. The molecule has 0 aromatic heterocycles. The molecule has 2 atom stereocenters. The number of aliphatic carboxylic acids is 1. The van der Waals surface area contributed by atoms with Gasteiger partial charge in [-0.15, -0.1) is 0 Å². The average molecular weight is 377 g/mol. The predicted molar refractivity (Wildman–Crippen MR) is 103 cm³/mol. The standard InChI is InChI=1S/C21H31NO5/c1-6-14(7-2)13(3)21(25)22-9-8-15-10-18(26-4)19(27-5)11-16(15)17(22)12-20(23)24/h10-11,13-14,17H,6-9,12H2,1-5H3,(H,23,24). The molecule has 2 rings (SSSR count). The highest BCUT2D eigenvalue weighted by atomic mass is 16.5. The Hall–Kier alpha value is -2.24. The number of carbonyl (C=O) groups excluding carboxylic acids is 1. The van der Waals surface area contributed by atoms with Gasteiger partial charge in [-0.2, -0.15) is 0 Å². The Balaban J connectivity index is 2.44. The van der Waals surface area contributed by atoms with Crippen LogP contribution in [-0.2, 0) is 16.0 Å². The highest BCUT2D eigenvalue weighted by Gasteiger charge is 2.36. The summed E-state index contributed by atoms with van der Waals surface area (Å²) in [4.78, 5) is 26.5. The number of methoxy groups -OCH3 is 2. The third kappa shape index (κ3) is 4.37. The molecule has 1 aromatic rings. The summed E-state index contributed by atoms with van der Waals surface area (Å²) >= 11 is 0. The van der Waals surface area contributed by atoms with E-state index in [9.17, 15) is 14.7 Å². The maximum atomic E-state index is 13.2. The Morgan fingerprint density at radius 2 is 1.78 bits per heavy atom. The zero-order chi connectivity index (χ0) is 20.1. The molecule has 0 aliphatic carbocycles. The van der Waals surface area contributed by atoms with Crippen molar-refractivity contribution in [3.63, 3.8) is 0 Å². The second-order valence-corrected chi connectivity index (χ2v) is 7.17. The van der Waals surface area contributed by atoms with Crippen LogP contribution in [-0.4, -0.2) is 42.6 Å². The Morgan fingerprint density at radius 1 is 1.19 bits per heavy atom. The summed E-state index contributed by atoms with van der Waals surface area (Å²) in [6.45, 7) is 6.66. The van der Waals surface area contributed by atoms with E-state index in [2.05, 4.69) is 13.8 Å². The van der Waals surface area contributed by atoms with Crippen molar-refractivity contribution in [3.8, 4) is 11.5 Å².